The van der Waals surface area contributed by atoms with Gasteiger partial charge in [-0.15, -0.1) is 0 Å². The fraction of sp³-hybridized carbons (Fsp3) is 0.750. The minimum absolute atomic E-state index is 0. The third kappa shape index (κ3) is 9.57. The number of rotatable bonds is 3. The second kappa shape index (κ2) is 7.30. The zero-order chi connectivity index (χ0) is 5.70. The molecule has 0 aromatic heterocycles. The second-order valence-corrected chi connectivity index (χ2v) is 1.22. The maximum absolute atomic E-state index is 9.65. The van der Waals surface area contributed by atoms with Crippen LogP contribution in [0.15, 0.2) is 0 Å². The van der Waals surface area contributed by atoms with Crippen LogP contribution >= 0.6 is 0 Å². The van der Waals surface area contributed by atoms with E-state index in [1.165, 1.54) is 0 Å². The zero-order valence-corrected chi connectivity index (χ0v) is 3.92. The third-order valence-corrected chi connectivity index (χ3v) is 0.549. The molecule has 48 valence electrons. The Labute approximate surface area is 66.5 Å². The van der Waals surface area contributed by atoms with E-state index in [9.17, 15) is 4.79 Å². The van der Waals surface area contributed by atoms with E-state index >= 15 is 0 Å². The van der Waals surface area contributed by atoms with Crippen LogP contribution in [0, 0.1) is 0 Å². The van der Waals surface area contributed by atoms with E-state index in [1.807, 2.05) is 0 Å². The molecule has 0 unspecified atom stereocenters. The van der Waals surface area contributed by atoms with Gasteiger partial charge in [0.05, 0.1) is 0 Å². The van der Waals surface area contributed by atoms with Gasteiger partial charge in [0.25, 0.3) is 0 Å². The maximum atomic E-state index is 9.65. The van der Waals surface area contributed by atoms with Gasteiger partial charge < -0.3 is 10.2 Å². The molecule has 2 N–H and O–H groups in total. The molecule has 0 heterocycles. The first kappa shape index (κ1) is 11.1. The molecule has 0 aliphatic carbocycles. The standard InChI is InChI=1S/C4H8O3.In.3H/c5-3-1-2-4(6)7;;;;/h5H,1-3H2,(H,6,7);;;;. The second-order valence-electron chi connectivity index (χ2n) is 1.22. The topological polar surface area (TPSA) is 57.5 Å². The van der Waals surface area contributed by atoms with Crippen molar-refractivity contribution in [2.45, 2.75) is 12.8 Å². The van der Waals surface area contributed by atoms with Crippen molar-refractivity contribution in [2.24, 2.45) is 0 Å². The Kier molecular flexibility index (Phi) is 10.2. The average molecular weight is 222 g/mol. The van der Waals surface area contributed by atoms with Gasteiger partial charge in [-0.25, -0.2) is 0 Å². The number of aliphatic carboxylic acids is 1. The normalized spacial score (nSPS) is 7.62. The summed E-state index contributed by atoms with van der Waals surface area (Å²) in [5, 5.41) is 16.0. The Balaban J connectivity index is 0. The molecule has 0 saturated carbocycles. The molecule has 0 aliphatic heterocycles. The van der Waals surface area contributed by atoms with Crippen LogP contribution in [-0.4, -0.2) is 48.6 Å². The number of hydrogen-bond donors (Lipinski definition) is 2. The van der Waals surface area contributed by atoms with E-state index in [1.54, 1.807) is 0 Å². The summed E-state index contributed by atoms with van der Waals surface area (Å²) in [5.41, 5.74) is 0. The Bertz CT molecular complexity index is 64.3. The fourth-order valence-electron chi connectivity index (χ4n) is 0.230. The van der Waals surface area contributed by atoms with Crippen LogP contribution < -0.4 is 0 Å². The quantitative estimate of drug-likeness (QED) is 0.621. The molecule has 4 heteroatoms. The third-order valence-electron chi connectivity index (χ3n) is 0.549. The predicted molar refractivity (Wildman–Crippen MR) is 33.9 cm³/mol. The van der Waals surface area contributed by atoms with Crippen LogP contribution in [0.4, 0.5) is 0 Å². The molecule has 0 rings (SSSR count). The van der Waals surface area contributed by atoms with Gasteiger partial charge >= 0.3 is 31.8 Å². The first-order chi connectivity index (χ1) is 3.27. The monoisotopic (exact) mass is 222 g/mol. The van der Waals surface area contributed by atoms with Crippen LogP contribution in [0.2, 0.25) is 0 Å². The molecule has 0 spiro atoms. The fourth-order valence-corrected chi connectivity index (χ4v) is 0.230. The summed E-state index contributed by atoms with van der Waals surface area (Å²) >= 11 is 0. The van der Waals surface area contributed by atoms with Crippen LogP contribution in [-0.2, 0) is 4.79 Å². The van der Waals surface area contributed by atoms with Crippen LogP contribution in [0.5, 0.6) is 0 Å². The van der Waals surface area contributed by atoms with Crippen molar-refractivity contribution in [3.05, 3.63) is 0 Å². The van der Waals surface area contributed by atoms with Gasteiger partial charge in [0.2, 0.25) is 0 Å². The van der Waals surface area contributed by atoms with E-state index in [0.29, 0.717) is 6.42 Å². The molecule has 0 fully saturated rings. The summed E-state index contributed by atoms with van der Waals surface area (Å²) in [6.07, 6.45) is 0.422. The first-order valence-corrected chi connectivity index (χ1v) is 2.10. The van der Waals surface area contributed by atoms with E-state index < -0.39 is 5.97 Å². The Morgan fingerprint density at radius 2 is 2.00 bits per heavy atom. The number of hydrogen-bond acceptors (Lipinski definition) is 2. The summed E-state index contributed by atoms with van der Waals surface area (Å²) in [6, 6.07) is 0. The number of carboxylic acid groups (broad SMARTS) is 1. The van der Waals surface area contributed by atoms with Gasteiger partial charge in [-0.3, -0.25) is 4.79 Å². The first-order valence-electron chi connectivity index (χ1n) is 2.10. The SMILES string of the molecule is O=C(O)CCCO.[InH3]. The molecule has 0 atom stereocenters. The molecule has 0 aromatic rings. The zero-order valence-electron chi connectivity index (χ0n) is 3.92. The van der Waals surface area contributed by atoms with E-state index in [0.717, 1.165) is 0 Å². The van der Waals surface area contributed by atoms with E-state index in [4.69, 9.17) is 10.2 Å². The summed E-state index contributed by atoms with van der Waals surface area (Å²) < 4.78 is 0. The van der Waals surface area contributed by atoms with Crippen molar-refractivity contribution >= 4 is 31.8 Å². The summed E-state index contributed by atoms with van der Waals surface area (Å²) in [4.78, 5) is 9.65. The van der Waals surface area contributed by atoms with Crippen molar-refractivity contribution in [3.63, 3.8) is 0 Å². The van der Waals surface area contributed by atoms with Gasteiger partial charge in [0, 0.05) is 13.0 Å². The van der Waals surface area contributed by atoms with Gasteiger partial charge in [-0.05, 0) is 6.42 Å². The van der Waals surface area contributed by atoms with Gasteiger partial charge in [0.1, 0.15) is 0 Å². The minimum atomic E-state index is -0.853. The molecule has 0 saturated heterocycles. The Morgan fingerprint density at radius 1 is 1.50 bits per heavy atom. The van der Waals surface area contributed by atoms with Crippen molar-refractivity contribution in [2.75, 3.05) is 6.61 Å². The Morgan fingerprint density at radius 3 is 2.12 bits per heavy atom. The molecular weight excluding hydrogens is 211 g/mol. The van der Waals surface area contributed by atoms with Crippen LogP contribution in [0.1, 0.15) is 12.8 Å². The van der Waals surface area contributed by atoms with Crippen molar-refractivity contribution in [3.8, 4) is 0 Å². The molecule has 8 heavy (non-hydrogen) atoms. The molecule has 0 amide bonds. The molecular formula is C4H11InO3. The summed E-state index contributed by atoms with van der Waals surface area (Å²) in [6.45, 7) is -0.0354. The average Bonchev–Trinajstić information content (AvgIpc) is 1.61. The van der Waals surface area contributed by atoms with Gasteiger partial charge in [-0.1, -0.05) is 0 Å². The van der Waals surface area contributed by atoms with Crippen molar-refractivity contribution in [1.29, 1.82) is 0 Å². The van der Waals surface area contributed by atoms with Gasteiger partial charge in [-0.2, -0.15) is 0 Å². The molecule has 0 aliphatic rings. The predicted octanol–water partition coefficient (Wildman–Crippen LogP) is -1.34. The molecule has 0 radical (unpaired) electrons. The van der Waals surface area contributed by atoms with Crippen molar-refractivity contribution in [1.82, 2.24) is 0 Å². The number of carboxylic acids is 1. The van der Waals surface area contributed by atoms with Crippen LogP contribution in [0.25, 0.3) is 0 Å². The van der Waals surface area contributed by atoms with Crippen LogP contribution in [0.3, 0.4) is 0 Å². The molecule has 0 aromatic carbocycles. The number of aliphatic hydroxyl groups excluding tert-OH is 1. The summed E-state index contributed by atoms with van der Waals surface area (Å²) in [5.74, 6) is -0.853. The molecule has 3 nitrogen and oxygen atoms in total. The number of carbonyl (C=O) groups is 1. The van der Waals surface area contributed by atoms with E-state index in [2.05, 4.69) is 0 Å². The van der Waals surface area contributed by atoms with Crippen molar-refractivity contribution < 1.29 is 15.0 Å². The van der Waals surface area contributed by atoms with Gasteiger partial charge in [0.15, 0.2) is 0 Å². The Hall–Kier alpha value is 0.300. The van der Waals surface area contributed by atoms with E-state index in [-0.39, 0.29) is 38.9 Å². The summed E-state index contributed by atoms with van der Waals surface area (Å²) in [7, 11) is 0. The number of aliphatic hydroxyl groups is 1. The molecule has 0 bridgehead atoms.